The van der Waals surface area contributed by atoms with Crippen LogP contribution in [0.25, 0.3) is 0 Å². The van der Waals surface area contributed by atoms with Gasteiger partial charge in [-0.2, -0.15) is 0 Å². The van der Waals surface area contributed by atoms with Gasteiger partial charge in [-0.15, -0.1) is 0 Å². The molecule has 3 heteroatoms. The second-order valence-electron chi connectivity index (χ2n) is 4.07. The zero-order valence-corrected chi connectivity index (χ0v) is 10.2. The van der Waals surface area contributed by atoms with E-state index in [0.29, 0.717) is 6.04 Å². The highest BCUT2D eigenvalue weighted by Gasteiger charge is 2.18. The summed E-state index contributed by atoms with van der Waals surface area (Å²) in [4.78, 5) is 6.92. The summed E-state index contributed by atoms with van der Waals surface area (Å²) in [5.74, 6) is 0. The van der Waals surface area contributed by atoms with Gasteiger partial charge in [0.25, 0.3) is 0 Å². The van der Waals surface area contributed by atoms with Crippen molar-refractivity contribution in [1.29, 1.82) is 0 Å². The van der Waals surface area contributed by atoms with Crippen LogP contribution >= 0.6 is 15.9 Å². The van der Waals surface area contributed by atoms with Crippen LogP contribution in [0.2, 0.25) is 0 Å². The molecule has 0 bridgehead atoms. The average molecular weight is 255 g/mol. The van der Waals surface area contributed by atoms with Crippen molar-refractivity contribution < 1.29 is 0 Å². The first-order valence-corrected chi connectivity index (χ1v) is 5.83. The maximum atomic E-state index is 4.44. The lowest BCUT2D eigenvalue weighted by atomic mass is 10.0. The molecule has 0 spiro atoms. The van der Waals surface area contributed by atoms with Crippen molar-refractivity contribution in [3.05, 3.63) is 28.0 Å². The molecule has 0 fully saturated rings. The number of hydrogen-bond donors (Lipinski definition) is 0. The Balaban J connectivity index is 2.24. The molecule has 0 aromatic carbocycles. The van der Waals surface area contributed by atoms with Gasteiger partial charge in [0.2, 0.25) is 0 Å². The van der Waals surface area contributed by atoms with Crippen LogP contribution in [-0.4, -0.2) is 22.5 Å². The first kappa shape index (κ1) is 10.1. The minimum atomic E-state index is 0.627. The van der Waals surface area contributed by atoms with Crippen molar-refractivity contribution in [1.82, 2.24) is 9.88 Å². The molecule has 0 saturated heterocycles. The highest BCUT2D eigenvalue weighted by Crippen LogP contribution is 2.21. The quantitative estimate of drug-likeness (QED) is 0.766. The predicted octanol–water partition coefficient (Wildman–Crippen LogP) is 2.61. The Morgan fingerprint density at radius 2 is 2.29 bits per heavy atom. The number of pyridine rings is 1. The molecule has 1 aromatic rings. The van der Waals surface area contributed by atoms with Gasteiger partial charge in [-0.25, -0.2) is 0 Å². The average Bonchev–Trinajstić information content (AvgIpc) is 2.16. The Labute approximate surface area is 93.5 Å². The fraction of sp³-hybridized carbons (Fsp3) is 0.545. The maximum absolute atomic E-state index is 4.44. The van der Waals surface area contributed by atoms with Crippen molar-refractivity contribution in [3.8, 4) is 0 Å². The third-order valence-corrected chi connectivity index (χ3v) is 3.20. The zero-order chi connectivity index (χ0) is 10.1. The molecule has 0 aliphatic carbocycles. The van der Waals surface area contributed by atoms with E-state index in [4.69, 9.17) is 0 Å². The molecule has 76 valence electrons. The van der Waals surface area contributed by atoms with E-state index in [0.717, 1.165) is 24.0 Å². The summed E-state index contributed by atoms with van der Waals surface area (Å²) in [7, 11) is 0. The number of halogens is 1. The highest BCUT2D eigenvalue weighted by atomic mass is 79.9. The lowest BCUT2D eigenvalue weighted by Gasteiger charge is -2.31. The molecular weight excluding hydrogens is 240 g/mol. The van der Waals surface area contributed by atoms with Gasteiger partial charge in [0, 0.05) is 41.9 Å². The molecule has 2 rings (SSSR count). The Bertz CT molecular complexity index is 336. The maximum Gasteiger partial charge on any atom is 0.0462 e. The number of hydrogen-bond acceptors (Lipinski definition) is 2. The molecule has 0 atom stereocenters. The van der Waals surface area contributed by atoms with Crippen LogP contribution in [-0.2, 0) is 13.0 Å². The molecule has 2 heterocycles. The Morgan fingerprint density at radius 1 is 1.50 bits per heavy atom. The van der Waals surface area contributed by atoms with Gasteiger partial charge in [-0.1, -0.05) is 0 Å². The Hall–Kier alpha value is -0.410. The van der Waals surface area contributed by atoms with Gasteiger partial charge in [-0.05, 0) is 41.4 Å². The summed E-state index contributed by atoms with van der Waals surface area (Å²) in [6.45, 7) is 6.67. The molecule has 0 amide bonds. The molecule has 2 nitrogen and oxygen atoms in total. The van der Waals surface area contributed by atoms with Crippen LogP contribution in [0.5, 0.6) is 0 Å². The Kier molecular flexibility index (Phi) is 2.88. The predicted molar refractivity (Wildman–Crippen MR) is 61.2 cm³/mol. The Morgan fingerprint density at radius 3 is 3.00 bits per heavy atom. The SMILES string of the molecule is CC(C)N1CCc2ncc(Br)cc2C1. The molecule has 1 aliphatic heterocycles. The topological polar surface area (TPSA) is 16.1 Å². The van der Waals surface area contributed by atoms with E-state index in [9.17, 15) is 0 Å². The first-order chi connectivity index (χ1) is 6.66. The van der Waals surface area contributed by atoms with E-state index in [1.807, 2.05) is 6.20 Å². The largest absolute Gasteiger partial charge is 0.296 e. The van der Waals surface area contributed by atoms with E-state index >= 15 is 0 Å². The summed E-state index contributed by atoms with van der Waals surface area (Å²) >= 11 is 3.47. The van der Waals surface area contributed by atoms with Crippen molar-refractivity contribution in [3.63, 3.8) is 0 Å². The molecule has 1 aliphatic rings. The normalized spacial score (nSPS) is 17.1. The van der Waals surface area contributed by atoms with Crippen LogP contribution in [0.1, 0.15) is 25.1 Å². The minimum absolute atomic E-state index is 0.627. The molecular formula is C11H15BrN2. The van der Waals surface area contributed by atoms with Crippen LogP contribution in [0.15, 0.2) is 16.7 Å². The lowest BCUT2D eigenvalue weighted by Crippen LogP contribution is -2.36. The van der Waals surface area contributed by atoms with Crippen molar-refractivity contribution in [2.45, 2.75) is 32.9 Å². The van der Waals surface area contributed by atoms with Crippen molar-refractivity contribution in [2.24, 2.45) is 0 Å². The molecule has 0 N–H and O–H groups in total. The van der Waals surface area contributed by atoms with E-state index in [-0.39, 0.29) is 0 Å². The third-order valence-electron chi connectivity index (χ3n) is 2.77. The summed E-state index contributed by atoms with van der Waals surface area (Å²) in [6, 6.07) is 2.82. The van der Waals surface area contributed by atoms with E-state index < -0.39 is 0 Å². The zero-order valence-electron chi connectivity index (χ0n) is 8.63. The second-order valence-corrected chi connectivity index (χ2v) is 4.99. The summed E-state index contributed by atoms with van der Waals surface area (Å²) in [6.07, 6.45) is 2.98. The molecule has 0 radical (unpaired) electrons. The monoisotopic (exact) mass is 254 g/mol. The van der Waals surface area contributed by atoms with E-state index in [1.165, 1.54) is 11.3 Å². The number of fused-ring (bicyclic) bond motifs is 1. The lowest BCUT2D eigenvalue weighted by molar-refractivity contribution is 0.201. The van der Waals surface area contributed by atoms with Gasteiger partial charge in [0.15, 0.2) is 0 Å². The van der Waals surface area contributed by atoms with Gasteiger partial charge >= 0.3 is 0 Å². The van der Waals surface area contributed by atoms with Gasteiger partial charge in [0.05, 0.1) is 0 Å². The number of nitrogens with zero attached hydrogens (tertiary/aromatic N) is 2. The summed E-state index contributed by atoms with van der Waals surface area (Å²) < 4.78 is 1.09. The van der Waals surface area contributed by atoms with Gasteiger partial charge < -0.3 is 0 Å². The number of rotatable bonds is 1. The van der Waals surface area contributed by atoms with Crippen LogP contribution < -0.4 is 0 Å². The summed E-state index contributed by atoms with van der Waals surface area (Å²) in [5, 5.41) is 0. The molecule has 0 unspecified atom stereocenters. The third kappa shape index (κ3) is 1.98. The number of aromatic nitrogens is 1. The van der Waals surface area contributed by atoms with E-state index in [2.05, 4.69) is 45.7 Å². The van der Waals surface area contributed by atoms with E-state index in [1.54, 1.807) is 0 Å². The molecule has 14 heavy (non-hydrogen) atoms. The fourth-order valence-corrected chi connectivity index (χ4v) is 2.24. The van der Waals surface area contributed by atoms with Crippen LogP contribution in [0, 0.1) is 0 Å². The summed E-state index contributed by atoms with van der Waals surface area (Å²) in [5.41, 5.74) is 2.64. The second kappa shape index (κ2) is 3.99. The first-order valence-electron chi connectivity index (χ1n) is 5.04. The van der Waals surface area contributed by atoms with Crippen LogP contribution in [0.4, 0.5) is 0 Å². The fourth-order valence-electron chi connectivity index (χ4n) is 1.86. The van der Waals surface area contributed by atoms with Gasteiger partial charge in [-0.3, -0.25) is 9.88 Å². The van der Waals surface area contributed by atoms with Crippen molar-refractivity contribution in [2.75, 3.05) is 6.54 Å². The standard InChI is InChI=1S/C11H15BrN2/c1-8(2)14-4-3-11-9(7-14)5-10(12)6-13-11/h5-6,8H,3-4,7H2,1-2H3. The van der Waals surface area contributed by atoms with Gasteiger partial charge in [0.1, 0.15) is 0 Å². The smallest absolute Gasteiger partial charge is 0.0462 e. The minimum Gasteiger partial charge on any atom is -0.296 e. The van der Waals surface area contributed by atoms with Crippen molar-refractivity contribution >= 4 is 15.9 Å². The highest BCUT2D eigenvalue weighted by molar-refractivity contribution is 9.10. The van der Waals surface area contributed by atoms with Crippen LogP contribution in [0.3, 0.4) is 0 Å². The molecule has 0 saturated carbocycles. The molecule has 1 aromatic heterocycles.